The summed E-state index contributed by atoms with van der Waals surface area (Å²) in [5, 5.41) is 11.8. The van der Waals surface area contributed by atoms with E-state index in [0.717, 1.165) is 103 Å². The van der Waals surface area contributed by atoms with Gasteiger partial charge in [0.2, 0.25) is 0 Å². The second-order valence-corrected chi connectivity index (χ2v) is 23.7. The molecular weight excluding hydrogens is 1030 g/mol. The number of allylic oxidation sites excluding steroid dienone is 18. The molecule has 2 atom stereocenters. The van der Waals surface area contributed by atoms with Crippen molar-refractivity contribution in [3.63, 3.8) is 0 Å². The SMILES string of the molecule is CC/C=C\C/C=C\C/C=C\C/C=C\C/C=C\C/C=C\CCCCCCCCCCCCCCCCCCC(=O)OC(COC(=O)CCCCCCCCCC/C=C\C/C=C\C/C=C\CCCCCCC)COC(OCC[N+](C)(C)C)C(=O)[O-]. The minimum absolute atomic E-state index is 0.143. The van der Waals surface area contributed by atoms with Gasteiger partial charge in [0.25, 0.3) is 0 Å². The molecule has 0 amide bonds. The first-order chi connectivity index (χ1) is 40.6. The summed E-state index contributed by atoms with van der Waals surface area (Å²) in [6.45, 7) is 4.63. The van der Waals surface area contributed by atoms with Crippen LogP contribution in [-0.2, 0) is 33.3 Å². The molecule has 0 aliphatic rings. The molecular formula is C74H127NO8. The Labute approximate surface area is 511 Å². The maximum Gasteiger partial charge on any atom is 0.306 e. The maximum absolute atomic E-state index is 12.9. The molecule has 0 aromatic carbocycles. The number of ether oxygens (including phenoxy) is 4. The summed E-state index contributed by atoms with van der Waals surface area (Å²) >= 11 is 0. The van der Waals surface area contributed by atoms with Crippen LogP contribution in [-0.4, -0.2) is 82.3 Å². The second kappa shape index (κ2) is 64.0. The zero-order valence-corrected chi connectivity index (χ0v) is 54.3. The van der Waals surface area contributed by atoms with E-state index in [9.17, 15) is 19.5 Å². The number of carbonyl (C=O) groups excluding carboxylic acids is 3. The minimum atomic E-state index is -1.63. The highest BCUT2D eigenvalue weighted by molar-refractivity contribution is 5.70. The normalized spacial score (nSPS) is 13.4. The van der Waals surface area contributed by atoms with E-state index in [2.05, 4.69) is 123 Å². The molecule has 0 aromatic rings. The lowest BCUT2D eigenvalue weighted by Crippen LogP contribution is -2.44. The van der Waals surface area contributed by atoms with Crippen molar-refractivity contribution < 1.29 is 42.9 Å². The zero-order chi connectivity index (χ0) is 60.5. The van der Waals surface area contributed by atoms with Gasteiger partial charge in [0.15, 0.2) is 12.4 Å². The predicted octanol–water partition coefficient (Wildman–Crippen LogP) is 19.7. The fourth-order valence-electron chi connectivity index (χ4n) is 9.31. The first kappa shape index (κ1) is 79.0. The molecule has 0 bridgehead atoms. The van der Waals surface area contributed by atoms with Gasteiger partial charge >= 0.3 is 11.9 Å². The Kier molecular flexibility index (Phi) is 60.8. The first-order valence-corrected chi connectivity index (χ1v) is 34.0. The molecule has 9 heteroatoms. The minimum Gasteiger partial charge on any atom is -0.545 e. The Hall–Kier alpha value is -4.05. The quantitative estimate of drug-likeness (QED) is 0.0195. The topological polar surface area (TPSA) is 111 Å². The summed E-state index contributed by atoms with van der Waals surface area (Å²) in [4.78, 5) is 37.5. The van der Waals surface area contributed by atoms with Crippen LogP contribution in [0.25, 0.3) is 0 Å². The van der Waals surface area contributed by atoms with Crippen molar-refractivity contribution in [1.29, 1.82) is 0 Å². The summed E-state index contributed by atoms with van der Waals surface area (Å²) in [5.41, 5.74) is 0. The van der Waals surface area contributed by atoms with Gasteiger partial charge in [-0.1, -0.05) is 277 Å². The second-order valence-electron chi connectivity index (χ2n) is 23.7. The number of likely N-dealkylation sites (N-methyl/N-ethyl adjacent to an activating group) is 1. The summed E-state index contributed by atoms with van der Waals surface area (Å²) in [6.07, 6.45) is 85.9. The van der Waals surface area contributed by atoms with E-state index in [-0.39, 0.29) is 38.6 Å². The lowest BCUT2D eigenvalue weighted by atomic mass is 10.0. The van der Waals surface area contributed by atoms with Crippen molar-refractivity contribution >= 4 is 17.9 Å². The fourth-order valence-corrected chi connectivity index (χ4v) is 9.31. The monoisotopic (exact) mass is 1160 g/mol. The number of nitrogens with zero attached hydrogens (tertiary/aromatic N) is 1. The molecule has 0 heterocycles. The van der Waals surface area contributed by atoms with E-state index in [1.807, 2.05) is 21.1 Å². The molecule has 0 aliphatic carbocycles. The molecule has 0 saturated carbocycles. The fraction of sp³-hybridized carbons (Fsp3) is 0.716. The third kappa shape index (κ3) is 65.3. The molecule has 0 N–H and O–H groups in total. The van der Waals surface area contributed by atoms with Crippen LogP contribution in [0.3, 0.4) is 0 Å². The van der Waals surface area contributed by atoms with E-state index in [1.54, 1.807) is 0 Å². The molecule has 0 spiro atoms. The zero-order valence-electron chi connectivity index (χ0n) is 54.3. The molecule has 0 aliphatic heterocycles. The van der Waals surface area contributed by atoms with Crippen LogP contribution in [0.15, 0.2) is 109 Å². The number of hydrogen-bond donors (Lipinski definition) is 0. The van der Waals surface area contributed by atoms with Crippen molar-refractivity contribution in [2.24, 2.45) is 0 Å². The van der Waals surface area contributed by atoms with Crippen LogP contribution >= 0.6 is 0 Å². The number of esters is 2. The summed E-state index contributed by atoms with van der Waals surface area (Å²) < 4.78 is 22.8. The van der Waals surface area contributed by atoms with Gasteiger partial charge < -0.3 is 33.3 Å². The van der Waals surface area contributed by atoms with E-state index in [0.29, 0.717) is 17.4 Å². The molecule has 0 aromatic heterocycles. The van der Waals surface area contributed by atoms with Gasteiger partial charge in [-0.15, -0.1) is 0 Å². The van der Waals surface area contributed by atoms with Gasteiger partial charge in [-0.05, 0) is 103 Å². The molecule has 83 heavy (non-hydrogen) atoms. The van der Waals surface area contributed by atoms with Crippen LogP contribution in [0.2, 0.25) is 0 Å². The molecule has 0 rings (SSSR count). The standard InChI is InChI=1S/C74H127NO8/c1-6-8-10-12-14-16-18-20-22-24-26-28-30-31-32-33-34-35-36-37-38-39-40-41-43-45-47-49-51-53-55-57-59-61-63-65-72(77)83-70(69-82-74(73(78)79)80-67-66-75(3,4)5)68-81-71(76)64-62-60-58-56-54-52-50-48-46-44-42-29-27-25-23-21-19-17-15-13-11-9-7-2/h8,10,14,16,19-22,25-28,31-32,34-35,42,44,70,74H,6-7,9,11-13,15,17-18,23-24,29-30,33,36-41,43,45-69H2,1-5H3/b10-8-,16-14-,21-19-,22-20-,27-25-,28-26-,32-31-,35-34-,44-42-. The van der Waals surface area contributed by atoms with E-state index in [4.69, 9.17) is 18.9 Å². The summed E-state index contributed by atoms with van der Waals surface area (Å²) in [5.74, 6) is -2.29. The number of carbonyl (C=O) groups is 3. The third-order valence-corrected chi connectivity index (χ3v) is 14.5. The van der Waals surface area contributed by atoms with Crippen LogP contribution < -0.4 is 5.11 Å². The lowest BCUT2D eigenvalue weighted by molar-refractivity contribution is -0.870. The van der Waals surface area contributed by atoms with Gasteiger partial charge in [0.1, 0.15) is 13.2 Å². The first-order valence-electron chi connectivity index (χ1n) is 34.0. The predicted molar refractivity (Wildman–Crippen MR) is 352 cm³/mol. The van der Waals surface area contributed by atoms with Crippen molar-refractivity contribution in [2.45, 2.75) is 296 Å². The summed E-state index contributed by atoms with van der Waals surface area (Å²) in [6, 6.07) is 0. The van der Waals surface area contributed by atoms with Crippen molar-refractivity contribution in [3.8, 4) is 0 Å². The van der Waals surface area contributed by atoms with Gasteiger partial charge in [0, 0.05) is 12.8 Å². The Morgan fingerprint density at radius 3 is 1.02 bits per heavy atom. The maximum atomic E-state index is 12.9. The average Bonchev–Trinajstić information content (AvgIpc) is 3.46. The highest BCUT2D eigenvalue weighted by Gasteiger charge is 2.22. The Bertz CT molecular complexity index is 1730. The van der Waals surface area contributed by atoms with E-state index >= 15 is 0 Å². The molecule has 476 valence electrons. The largest absolute Gasteiger partial charge is 0.545 e. The van der Waals surface area contributed by atoms with Gasteiger partial charge in [-0.2, -0.15) is 0 Å². The molecule has 2 unspecified atom stereocenters. The lowest BCUT2D eigenvalue weighted by Gasteiger charge is -2.26. The number of hydrogen-bond acceptors (Lipinski definition) is 8. The number of quaternary nitrogens is 1. The van der Waals surface area contributed by atoms with Gasteiger partial charge in [-0.25, -0.2) is 0 Å². The number of carboxylic acids is 1. The van der Waals surface area contributed by atoms with Crippen LogP contribution in [0.1, 0.15) is 284 Å². The van der Waals surface area contributed by atoms with Crippen LogP contribution in [0.4, 0.5) is 0 Å². The van der Waals surface area contributed by atoms with Crippen molar-refractivity contribution in [3.05, 3.63) is 109 Å². The highest BCUT2D eigenvalue weighted by Crippen LogP contribution is 2.17. The number of unbranched alkanes of at least 4 members (excludes halogenated alkanes) is 29. The number of carboxylic acid groups (broad SMARTS) is 1. The van der Waals surface area contributed by atoms with Gasteiger partial charge in [0.05, 0.1) is 40.3 Å². The average molecular weight is 1160 g/mol. The highest BCUT2D eigenvalue weighted by atomic mass is 16.7. The molecule has 0 saturated heterocycles. The smallest absolute Gasteiger partial charge is 0.306 e. The molecule has 0 radical (unpaired) electrons. The van der Waals surface area contributed by atoms with Crippen molar-refractivity contribution in [2.75, 3.05) is 47.5 Å². The molecule has 0 fully saturated rings. The Morgan fingerprint density at radius 1 is 0.373 bits per heavy atom. The summed E-state index contributed by atoms with van der Waals surface area (Å²) in [7, 11) is 5.93. The van der Waals surface area contributed by atoms with E-state index < -0.39 is 24.3 Å². The Morgan fingerprint density at radius 2 is 0.687 bits per heavy atom. The van der Waals surface area contributed by atoms with Crippen LogP contribution in [0.5, 0.6) is 0 Å². The number of rotatable bonds is 62. The number of aliphatic carboxylic acids is 1. The van der Waals surface area contributed by atoms with Crippen molar-refractivity contribution in [1.82, 2.24) is 0 Å². The van der Waals surface area contributed by atoms with E-state index in [1.165, 1.54) is 148 Å². The van der Waals surface area contributed by atoms with Crippen LogP contribution in [0, 0.1) is 0 Å². The Balaban J connectivity index is 4.13. The van der Waals surface area contributed by atoms with Gasteiger partial charge in [-0.3, -0.25) is 9.59 Å². The third-order valence-electron chi connectivity index (χ3n) is 14.5. The molecule has 9 nitrogen and oxygen atoms in total.